The average molecular weight is 564 g/mol. The van der Waals surface area contributed by atoms with Crippen LogP contribution in [0.2, 0.25) is 0 Å². The third kappa shape index (κ3) is 6.75. The monoisotopic (exact) mass is 563 g/mol. The normalized spacial score (nSPS) is 20.3. The van der Waals surface area contributed by atoms with Crippen LogP contribution in [0.3, 0.4) is 0 Å². The van der Waals surface area contributed by atoms with E-state index in [9.17, 15) is 23.9 Å². The fraction of sp³-hybridized carbons (Fsp3) is 0.484. The van der Waals surface area contributed by atoms with Gasteiger partial charge in [0.15, 0.2) is 0 Å². The van der Waals surface area contributed by atoms with Crippen molar-refractivity contribution in [3.8, 4) is 0 Å². The van der Waals surface area contributed by atoms with Crippen LogP contribution >= 0.6 is 0 Å². The Kier molecular flexibility index (Phi) is 8.68. The Morgan fingerprint density at radius 2 is 1.66 bits per heavy atom. The molecule has 1 saturated carbocycles. The molecule has 2 fully saturated rings. The highest BCUT2D eigenvalue weighted by Crippen LogP contribution is 2.37. The quantitative estimate of drug-likeness (QED) is 0.356. The average Bonchev–Trinajstić information content (AvgIpc) is 3.30. The molecule has 1 saturated heterocycles. The number of aromatic nitrogens is 2. The molecule has 1 aromatic heterocycles. The van der Waals surface area contributed by atoms with E-state index in [4.69, 9.17) is 4.98 Å². The Morgan fingerprint density at radius 1 is 0.976 bits per heavy atom. The Balaban J connectivity index is 1.40. The molecular formula is C31H38FN5O4. The zero-order valence-electron chi connectivity index (χ0n) is 23.6. The van der Waals surface area contributed by atoms with Gasteiger partial charge in [0.25, 0.3) is 5.91 Å². The van der Waals surface area contributed by atoms with Crippen molar-refractivity contribution in [2.24, 2.45) is 11.8 Å². The van der Waals surface area contributed by atoms with Crippen molar-refractivity contribution in [1.82, 2.24) is 19.8 Å². The largest absolute Gasteiger partial charge is 0.481 e. The Morgan fingerprint density at radius 3 is 2.29 bits per heavy atom. The molecule has 1 aliphatic carbocycles. The minimum atomic E-state index is -0.721. The number of piperidine rings is 1. The van der Waals surface area contributed by atoms with E-state index in [1.807, 2.05) is 26.0 Å². The van der Waals surface area contributed by atoms with Crippen LogP contribution in [-0.2, 0) is 16.1 Å². The maximum Gasteiger partial charge on any atom is 0.306 e. The van der Waals surface area contributed by atoms with Crippen molar-refractivity contribution in [2.75, 3.05) is 18.4 Å². The van der Waals surface area contributed by atoms with Gasteiger partial charge in [-0.3, -0.25) is 24.6 Å². The van der Waals surface area contributed by atoms with Gasteiger partial charge in [-0.05, 0) is 107 Å². The maximum atomic E-state index is 13.4. The number of nitrogens with zero attached hydrogens (tertiary/aromatic N) is 3. The summed E-state index contributed by atoms with van der Waals surface area (Å²) in [5.41, 5.74) is 3.10. The standard InChI is InChI=1S/C31H38FN5O4/c1-19(2)33-28(38)22-6-10-25(11-7-22)37-27-17-20(18-36-15-13-23(14-16-36)30(40)41)3-12-26(27)34-31(37)35-29(39)21-4-8-24(32)9-5-21/h3-5,8-9,12,17,19,22-23,25H,6-7,10-11,13-16,18H2,1-2H3,(H,33,38)(H,40,41)(H,34,35,39). The molecule has 41 heavy (non-hydrogen) atoms. The fourth-order valence-corrected chi connectivity index (χ4v) is 6.06. The van der Waals surface area contributed by atoms with Gasteiger partial charge in [0.1, 0.15) is 5.82 Å². The summed E-state index contributed by atoms with van der Waals surface area (Å²) in [5.74, 6) is -1.29. The van der Waals surface area contributed by atoms with Crippen molar-refractivity contribution in [3.63, 3.8) is 0 Å². The summed E-state index contributed by atoms with van der Waals surface area (Å²) in [6.45, 7) is 6.09. The predicted octanol–water partition coefficient (Wildman–Crippen LogP) is 4.98. The number of aliphatic carboxylic acids is 1. The summed E-state index contributed by atoms with van der Waals surface area (Å²) < 4.78 is 15.5. The second kappa shape index (κ2) is 12.4. The highest BCUT2D eigenvalue weighted by Gasteiger charge is 2.30. The van der Waals surface area contributed by atoms with Crippen LogP contribution in [0.5, 0.6) is 0 Å². The van der Waals surface area contributed by atoms with Crippen molar-refractivity contribution < 1.29 is 23.9 Å². The molecule has 3 aromatic rings. The summed E-state index contributed by atoms with van der Waals surface area (Å²) in [4.78, 5) is 44.1. The number of nitrogens with one attached hydrogen (secondary N) is 2. The first-order valence-corrected chi connectivity index (χ1v) is 14.5. The van der Waals surface area contributed by atoms with Gasteiger partial charge in [0.2, 0.25) is 11.9 Å². The molecule has 5 rings (SSSR count). The van der Waals surface area contributed by atoms with Gasteiger partial charge in [-0.2, -0.15) is 0 Å². The number of halogens is 1. The van der Waals surface area contributed by atoms with Crippen molar-refractivity contribution in [3.05, 3.63) is 59.4 Å². The molecule has 9 nitrogen and oxygen atoms in total. The summed E-state index contributed by atoms with van der Waals surface area (Å²) in [7, 11) is 0. The first kappa shape index (κ1) is 28.7. The first-order valence-electron chi connectivity index (χ1n) is 14.5. The topological polar surface area (TPSA) is 117 Å². The van der Waals surface area contributed by atoms with Crippen LogP contribution in [0.15, 0.2) is 42.5 Å². The van der Waals surface area contributed by atoms with Gasteiger partial charge in [0.05, 0.1) is 17.0 Å². The van der Waals surface area contributed by atoms with Gasteiger partial charge >= 0.3 is 5.97 Å². The lowest BCUT2D eigenvalue weighted by Gasteiger charge is -2.31. The number of carboxylic acids is 1. The molecule has 0 radical (unpaired) electrons. The van der Waals surface area contributed by atoms with Crippen LogP contribution in [0, 0.1) is 17.7 Å². The smallest absolute Gasteiger partial charge is 0.306 e. The number of anilines is 1. The molecule has 0 bridgehead atoms. The second-order valence-electron chi connectivity index (χ2n) is 11.6. The Labute approximate surface area is 239 Å². The molecular weight excluding hydrogens is 525 g/mol. The molecule has 0 unspecified atom stereocenters. The third-order valence-corrected chi connectivity index (χ3v) is 8.29. The molecule has 1 aliphatic heterocycles. The molecule has 0 atom stereocenters. The lowest BCUT2D eigenvalue weighted by Crippen LogP contribution is -2.37. The van der Waals surface area contributed by atoms with E-state index in [-0.39, 0.29) is 35.7 Å². The number of likely N-dealkylation sites (tertiary alicyclic amines) is 1. The molecule has 2 amide bonds. The third-order valence-electron chi connectivity index (χ3n) is 8.29. The summed E-state index contributed by atoms with van der Waals surface area (Å²) in [5, 5.41) is 15.3. The number of fused-ring (bicyclic) bond motifs is 1. The van der Waals surface area contributed by atoms with E-state index in [1.165, 1.54) is 24.3 Å². The van der Waals surface area contributed by atoms with Crippen molar-refractivity contribution in [2.45, 2.75) is 71.0 Å². The fourth-order valence-electron chi connectivity index (χ4n) is 6.06. The number of amides is 2. The van der Waals surface area contributed by atoms with Crippen LogP contribution in [0.1, 0.15) is 74.3 Å². The summed E-state index contributed by atoms with van der Waals surface area (Å²) >= 11 is 0. The highest BCUT2D eigenvalue weighted by molar-refractivity contribution is 6.04. The number of benzene rings is 2. The van der Waals surface area contributed by atoms with Gasteiger partial charge in [-0.25, -0.2) is 9.37 Å². The van der Waals surface area contributed by atoms with Gasteiger partial charge in [0, 0.05) is 30.1 Å². The molecule has 2 aromatic carbocycles. The van der Waals surface area contributed by atoms with Crippen LogP contribution < -0.4 is 10.6 Å². The van der Waals surface area contributed by atoms with Crippen molar-refractivity contribution >= 4 is 34.8 Å². The highest BCUT2D eigenvalue weighted by atomic mass is 19.1. The molecule has 0 spiro atoms. The second-order valence-corrected chi connectivity index (χ2v) is 11.6. The van der Waals surface area contributed by atoms with E-state index in [0.717, 1.165) is 55.4 Å². The Bertz CT molecular complexity index is 1400. The summed E-state index contributed by atoms with van der Waals surface area (Å²) in [6.07, 6.45) is 4.31. The molecule has 218 valence electrons. The van der Waals surface area contributed by atoms with Crippen LogP contribution in [0.4, 0.5) is 10.3 Å². The molecule has 3 N–H and O–H groups in total. The number of rotatable bonds is 8. The maximum absolute atomic E-state index is 13.4. The molecule has 2 heterocycles. The van der Waals surface area contributed by atoms with E-state index < -0.39 is 11.8 Å². The number of hydrogen-bond donors (Lipinski definition) is 3. The van der Waals surface area contributed by atoms with Crippen LogP contribution in [0.25, 0.3) is 11.0 Å². The van der Waals surface area contributed by atoms with E-state index in [2.05, 4.69) is 26.2 Å². The molecule has 10 heteroatoms. The van der Waals surface area contributed by atoms with Gasteiger partial charge in [-0.1, -0.05) is 6.07 Å². The number of imidazole rings is 1. The van der Waals surface area contributed by atoms with Gasteiger partial charge < -0.3 is 15.0 Å². The minimum absolute atomic E-state index is 0.0371. The minimum Gasteiger partial charge on any atom is -0.481 e. The van der Waals surface area contributed by atoms with E-state index in [1.54, 1.807) is 0 Å². The predicted molar refractivity (Wildman–Crippen MR) is 154 cm³/mol. The molecule has 2 aliphatic rings. The lowest BCUT2D eigenvalue weighted by atomic mass is 9.85. The number of carbonyl (C=O) groups is 3. The van der Waals surface area contributed by atoms with E-state index in [0.29, 0.717) is 30.9 Å². The first-order chi connectivity index (χ1) is 19.7. The summed E-state index contributed by atoms with van der Waals surface area (Å²) in [6, 6.07) is 11.6. The van der Waals surface area contributed by atoms with Gasteiger partial charge in [-0.15, -0.1) is 0 Å². The van der Waals surface area contributed by atoms with E-state index >= 15 is 0 Å². The zero-order valence-corrected chi connectivity index (χ0v) is 23.6. The Hall–Kier alpha value is -3.79. The number of hydrogen-bond acceptors (Lipinski definition) is 5. The SMILES string of the molecule is CC(C)NC(=O)C1CCC(n2c(NC(=O)c3ccc(F)cc3)nc3ccc(CN4CCC(C(=O)O)CC4)cc32)CC1. The zero-order chi connectivity index (χ0) is 29.1. The number of carboxylic acid groups (broad SMARTS) is 1. The van der Waals surface area contributed by atoms with Crippen LogP contribution in [-0.4, -0.2) is 56.5 Å². The lowest BCUT2D eigenvalue weighted by molar-refractivity contribution is -0.143. The number of carbonyl (C=O) groups excluding carboxylic acids is 2. The van der Waals surface area contributed by atoms with Crippen molar-refractivity contribution in [1.29, 1.82) is 0 Å².